The maximum absolute atomic E-state index is 9.72. The minimum Gasteiger partial charge on any atom is -0.389 e. The van der Waals surface area contributed by atoms with E-state index in [1.165, 1.54) is 18.5 Å². The minimum atomic E-state index is -0.381. The summed E-state index contributed by atoms with van der Waals surface area (Å²) < 4.78 is 0. The van der Waals surface area contributed by atoms with E-state index in [0.29, 0.717) is 6.04 Å². The normalized spacial score (nSPS) is 17.5. The van der Waals surface area contributed by atoms with E-state index in [1.807, 2.05) is 25.1 Å². The van der Waals surface area contributed by atoms with E-state index < -0.39 is 0 Å². The van der Waals surface area contributed by atoms with Crippen LogP contribution in [0.3, 0.4) is 0 Å². The van der Waals surface area contributed by atoms with Gasteiger partial charge in [-0.15, -0.1) is 0 Å². The third-order valence-electron chi connectivity index (χ3n) is 3.02. The summed E-state index contributed by atoms with van der Waals surface area (Å²) in [6.07, 6.45) is 2.21. The number of aliphatic hydroxyl groups is 1. The van der Waals surface area contributed by atoms with Gasteiger partial charge in [-0.2, -0.15) is 0 Å². The fourth-order valence-corrected chi connectivity index (χ4v) is 2.11. The molecule has 0 spiro atoms. The smallest absolute Gasteiger partial charge is 0.0781 e. The Kier molecular flexibility index (Phi) is 2.96. The SMILES string of the molecule is CCN(c1ccccc1[C@@H](C)O)C1CC1. The molecule has 1 saturated carbocycles. The molecule has 0 bridgehead atoms. The van der Waals surface area contributed by atoms with Crippen molar-refractivity contribution in [2.75, 3.05) is 11.4 Å². The molecule has 2 nitrogen and oxygen atoms in total. The molecule has 0 saturated heterocycles. The van der Waals surface area contributed by atoms with Gasteiger partial charge < -0.3 is 10.0 Å². The lowest BCUT2D eigenvalue weighted by atomic mass is 10.1. The van der Waals surface area contributed by atoms with Crippen LogP contribution in [0.4, 0.5) is 5.69 Å². The molecule has 1 aromatic carbocycles. The average molecular weight is 205 g/mol. The standard InChI is InChI=1S/C13H19NO/c1-3-14(11-8-9-11)13-7-5-4-6-12(13)10(2)15/h4-7,10-11,15H,3,8-9H2,1-2H3/t10-/m1/s1. The topological polar surface area (TPSA) is 23.5 Å². The summed E-state index contributed by atoms with van der Waals surface area (Å²) in [5.74, 6) is 0. The highest BCUT2D eigenvalue weighted by atomic mass is 16.3. The summed E-state index contributed by atoms with van der Waals surface area (Å²) in [4.78, 5) is 2.40. The number of benzene rings is 1. The molecule has 1 aliphatic carbocycles. The van der Waals surface area contributed by atoms with Crippen molar-refractivity contribution in [2.45, 2.75) is 38.8 Å². The molecule has 0 aliphatic heterocycles. The number of anilines is 1. The lowest BCUT2D eigenvalue weighted by Gasteiger charge is -2.26. The summed E-state index contributed by atoms with van der Waals surface area (Å²) >= 11 is 0. The maximum atomic E-state index is 9.72. The van der Waals surface area contributed by atoms with Gasteiger partial charge in [-0.05, 0) is 32.8 Å². The second-order valence-electron chi connectivity index (χ2n) is 4.25. The molecule has 0 amide bonds. The zero-order valence-corrected chi connectivity index (χ0v) is 9.48. The number of para-hydroxylation sites is 1. The van der Waals surface area contributed by atoms with Gasteiger partial charge in [0.1, 0.15) is 0 Å². The van der Waals surface area contributed by atoms with E-state index in [1.54, 1.807) is 0 Å². The summed E-state index contributed by atoms with van der Waals surface area (Å²) in [6.45, 7) is 5.03. The predicted molar refractivity (Wildman–Crippen MR) is 63.1 cm³/mol. The molecule has 2 heteroatoms. The molecule has 1 aromatic rings. The Labute approximate surface area is 91.5 Å². The summed E-state index contributed by atoms with van der Waals surface area (Å²) in [6, 6.07) is 8.88. The quantitative estimate of drug-likeness (QED) is 0.817. The van der Waals surface area contributed by atoms with E-state index in [2.05, 4.69) is 17.9 Å². The van der Waals surface area contributed by atoms with Crippen molar-refractivity contribution >= 4 is 5.69 Å². The maximum Gasteiger partial charge on any atom is 0.0781 e. The zero-order chi connectivity index (χ0) is 10.8. The van der Waals surface area contributed by atoms with Crippen molar-refractivity contribution in [3.8, 4) is 0 Å². The van der Waals surface area contributed by atoms with Gasteiger partial charge in [-0.25, -0.2) is 0 Å². The van der Waals surface area contributed by atoms with Crippen LogP contribution in [0.15, 0.2) is 24.3 Å². The van der Waals surface area contributed by atoms with Gasteiger partial charge in [0, 0.05) is 23.8 Å². The van der Waals surface area contributed by atoms with E-state index >= 15 is 0 Å². The second kappa shape index (κ2) is 4.23. The highest BCUT2D eigenvalue weighted by Crippen LogP contribution is 2.35. The number of hydrogen-bond donors (Lipinski definition) is 1. The highest BCUT2D eigenvalue weighted by Gasteiger charge is 2.29. The Morgan fingerprint density at radius 2 is 2.07 bits per heavy atom. The molecule has 2 rings (SSSR count). The van der Waals surface area contributed by atoms with Crippen LogP contribution >= 0.6 is 0 Å². The molecule has 1 atom stereocenters. The van der Waals surface area contributed by atoms with Crippen LogP contribution in [0.5, 0.6) is 0 Å². The van der Waals surface area contributed by atoms with Gasteiger partial charge in [-0.1, -0.05) is 18.2 Å². The summed E-state index contributed by atoms with van der Waals surface area (Å²) in [5.41, 5.74) is 2.25. The second-order valence-corrected chi connectivity index (χ2v) is 4.25. The fraction of sp³-hybridized carbons (Fsp3) is 0.538. The minimum absolute atomic E-state index is 0.381. The lowest BCUT2D eigenvalue weighted by molar-refractivity contribution is 0.199. The van der Waals surface area contributed by atoms with Crippen LogP contribution in [-0.2, 0) is 0 Å². The van der Waals surface area contributed by atoms with Crippen molar-refractivity contribution < 1.29 is 5.11 Å². The molecule has 0 heterocycles. The van der Waals surface area contributed by atoms with Crippen molar-refractivity contribution in [3.05, 3.63) is 29.8 Å². The third kappa shape index (κ3) is 2.15. The molecule has 0 unspecified atom stereocenters. The lowest BCUT2D eigenvalue weighted by Crippen LogP contribution is -2.26. The van der Waals surface area contributed by atoms with E-state index in [9.17, 15) is 5.11 Å². The Hall–Kier alpha value is -1.02. The van der Waals surface area contributed by atoms with Crippen molar-refractivity contribution in [1.29, 1.82) is 0 Å². The van der Waals surface area contributed by atoms with Crippen LogP contribution in [0, 0.1) is 0 Å². The van der Waals surface area contributed by atoms with Crippen molar-refractivity contribution in [3.63, 3.8) is 0 Å². The van der Waals surface area contributed by atoms with Crippen molar-refractivity contribution in [1.82, 2.24) is 0 Å². The molecule has 15 heavy (non-hydrogen) atoms. The first-order valence-electron chi connectivity index (χ1n) is 5.77. The van der Waals surface area contributed by atoms with Crippen LogP contribution in [0.2, 0.25) is 0 Å². The van der Waals surface area contributed by atoms with Gasteiger partial charge in [0.15, 0.2) is 0 Å². The number of aliphatic hydroxyl groups excluding tert-OH is 1. The number of rotatable bonds is 4. The van der Waals surface area contributed by atoms with Crippen LogP contribution < -0.4 is 4.90 Å². The third-order valence-corrected chi connectivity index (χ3v) is 3.02. The molecular weight excluding hydrogens is 186 g/mol. The fourth-order valence-electron chi connectivity index (χ4n) is 2.11. The average Bonchev–Trinajstić information content (AvgIpc) is 3.04. The first kappa shape index (κ1) is 10.5. The Morgan fingerprint density at radius 3 is 2.60 bits per heavy atom. The monoisotopic (exact) mass is 205 g/mol. The van der Waals surface area contributed by atoms with Gasteiger partial charge in [0.2, 0.25) is 0 Å². The first-order valence-corrected chi connectivity index (χ1v) is 5.77. The van der Waals surface area contributed by atoms with E-state index in [0.717, 1.165) is 12.1 Å². The van der Waals surface area contributed by atoms with Crippen molar-refractivity contribution in [2.24, 2.45) is 0 Å². The molecule has 0 aromatic heterocycles. The number of nitrogens with zero attached hydrogens (tertiary/aromatic N) is 1. The van der Waals surface area contributed by atoms with Gasteiger partial charge in [0.25, 0.3) is 0 Å². The summed E-state index contributed by atoms with van der Waals surface area (Å²) in [7, 11) is 0. The molecule has 0 radical (unpaired) electrons. The van der Waals surface area contributed by atoms with Gasteiger partial charge in [-0.3, -0.25) is 0 Å². The Bertz CT molecular complexity index is 331. The molecule has 1 fully saturated rings. The predicted octanol–water partition coefficient (Wildman–Crippen LogP) is 2.73. The Balaban J connectivity index is 2.31. The van der Waals surface area contributed by atoms with Crippen LogP contribution in [-0.4, -0.2) is 17.7 Å². The molecule has 1 aliphatic rings. The summed E-state index contributed by atoms with van der Waals surface area (Å²) in [5, 5.41) is 9.72. The van der Waals surface area contributed by atoms with Crippen LogP contribution in [0.25, 0.3) is 0 Å². The highest BCUT2D eigenvalue weighted by molar-refractivity contribution is 5.56. The zero-order valence-electron chi connectivity index (χ0n) is 9.48. The Morgan fingerprint density at radius 1 is 1.40 bits per heavy atom. The van der Waals surface area contributed by atoms with Gasteiger partial charge in [0.05, 0.1) is 6.10 Å². The number of hydrogen-bond acceptors (Lipinski definition) is 2. The van der Waals surface area contributed by atoms with Crippen LogP contribution in [0.1, 0.15) is 38.4 Å². The van der Waals surface area contributed by atoms with E-state index in [-0.39, 0.29) is 6.10 Å². The molecular formula is C13H19NO. The molecule has 82 valence electrons. The molecule has 1 N–H and O–H groups in total. The van der Waals surface area contributed by atoms with E-state index in [4.69, 9.17) is 0 Å². The largest absolute Gasteiger partial charge is 0.389 e. The van der Waals surface area contributed by atoms with Gasteiger partial charge >= 0.3 is 0 Å². The first-order chi connectivity index (χ1) is 7.24.